The first-order valence-electron chi connectivity index (χ1n) is 9.86. The Labute approximate surface area is 194 Å². The standard InChI is InChI=1S/C22H23Cl2N3O3S/c1-22(2,3)30-21(29)27(4)18-12-8-6-5-7-11(12)9-13(18)26-20(28)14-10-15-17(25-14)16(23)19(24)31-15/h5-8,10,13,18,25H,9H2,1-4H3,(H,26,28)/t13-,18-/m1/s1. The Morgan fingerprint density at radius 1 is 1.26 bits per heavy atom. The number of fused-ring (bicyclic) bond motifs is 2. The van der Waals surface area contributed by atoms with Gasteiger partial charge in [-0.15, -0.1) is 11.3 Å². The van der Waals surface area contributed by atoms with Gasteiger partial charge in [0.2, 0.25) is 0 Å². The summed E-state index contributed by atoms with van der Waals surface area (Å²) < 4.78 is 6.86. The molecule has 0 aliphatic heterocycles. The monoisotopic (exact) mass is 479 g/mol. The van der Waals surface area contributed by atoms with Gasteiger partial charge in [-0.3, -0.25) is 4.79 Å². The maximum absolute atomic E-state index is 13.0. The maximum Gasteiger partial charge on any atom is 0.410 e. The van der Waals surface area contributed by atoms with Crippen LogP contribution in [0.15, 0.2) is 30.3 Å². The van der Waals surface area contributed by atoms with E-state index in [9.17, 15) is 9.59 Å². The topological polar surface area (TPSA) is 74.4 Å². The predicted molar refractivity (Wildman–Crippen MR) is 124 cm³/mol. The summed E-state index contributed by atoms with van der Waals surface area (Å²) >= 11 is 13.6. The molecular weight excluding hydrogens is 457 g/mol. The summed E-state index contributed by atoms with van der Waals surface area (Å²) in [7, 11) is 1.70. The van der Waals surface area contributed by atoms with Gasteiger partial charge in [-0.1, -0.05) is 47.5 Å². The van der Waals surface area contributed by atoms with E-state index in [2.05, 4.69) is 10.3 Å². The van der Waals surface area contributed by atoms with E-state index in [1.807, 2.05) is 45.0 Å². The summed E-state index contributed by atoms with van der Waals surface area (Å²) in [4.78, 5) is 30.4. The normalized spacial score (nSPS) is 18.1. The number of thiophene rings is 1. The van der Waals surface area contributed by atoms with Crippen LogP contribution in [-0.4, -0.2) is 40.6 Å². The van der Waals surface area contributed by atoms with Gasteiger partial charge in [0, 0.05) is 7.05 Å². The molecule has 0 unspecified atom stereocenters. The van der Waals surface area contributed by atoms with E-state index in [1.54, 1.807) is 18.0 Å². The van der Waals surface area contributed by atoms with E-state index in [1.165, 1.54) is 11.3 Å². The molecule has 2 amide bonds. The number of nitrogens with zero attached hydrogens (tertiary/aromatic N) is 1. The minimum Gasteiger partial charge on any atom is -0.444 e. The highest BCUT2D eigenvalue weighted by Crippen LogP contribution is 2.39. The lowest BCUT2D eigenvalue weighted by Crippen LogP contribution is -2.46. The molecule has 1 aliphatic carbocycles. The zero-order valence-electron chi connectivity index (χ0n) is 17.6. The van der Waals surface area contributed by atoms with E-state index in [4.69, 9.17) is 27.9 Å². The lowest BCUT2D eigenvalue weighted by Gasteiger charge is -2.32. The van der Waals surface area contributed by atoms with Crippen molar-refractivity contribution in [1.82, 2.24) is 15.2 Å². The molecule has 0 bridgehead atoms. The second kappa shape index (κ2) is 8.04. The lowest BCUT2D eigenvalue weighted by atomic mass is 10.1. The van der Waals surface area contributed by atoms with Crippen LogP contribution in [0.25, 0.3) is 10.2 Å². The quantitative estimate of drug-likeness (QED) is 0.498. The van der Waals surface area contributed by atoms with Crippen molar-refractivity contribution in [2.75, 3.05) is 7.05 Å². The number of likely N-dealkylation sites (N-methyl/N-ethyl adjacent to an activating group) is 1. The molecule has 4 rings (SSSR count). The number of hydrogen-bond acceptors (Lipinski definition) is 4. The van der Waals surface area contributed by atoms with Crippen molar-refractivity contribution in [3.05, 3.63) is 56.5 Å². The number of rotatable bonds is 3. The summed E-state index contributed by atoms with van der Waals surface area (Å²) in [6, 6.07) is 8.99. The third-order valence-corrected chi connectivity index (χ3v) is 7.16. The summed E-state index contributed by atoms with van der Waals surface area (Å²) in [5.41, 5.74) is 2.53. The third kappa shape index (κ3) is 4.27. The SMILES string of the molecule is CN(C(=O)OC(C)(C)C)[C@@H]1c2ccccc2C[C@H]1NC(=O)c1cc2sc(Cl)c(Cl)c2[nH]1. The van der Waals surface area contributed by atoms with Crippen molar-refractivity contribution in [3.63, 3.8) is 0 Å². The molecule has 6 nitrogen and oxygen atoms in total. The summed E-state index contributed by atoms with van der Waals surface area (Å²) in [6.07, 6.45) is 0.178. The van der Waals surface area contributed by atoms with Gasteiger partial charge in [0.15, 0.2) is 0 Å². The first kappa shape index (κ1) is 22.0. The molecule has 2 atom stereocenters. The first-order valence-corrected chi connectivity index (χ1v) is 11.4. The molecule has 9 heteroatoms. The Balaban J connectivity index is 1.59. The fourth-order valence-electron chi connectivity index (χ4n) is 3.92. The summed E-state index contributed by atoms with van der Waals surface area (Å²) in [6.45, 7) is 5.48. The average Bonchev–Trinajstić information content (AvgIpc) is 3.33. The summed E-state index contributed by atoms with van der Waals surface area (Å²) in [5.74, 6) is -0.268. The number of hydrogen-bond donors (Lipinski definition) is 2. The van der Waals surface area contributed by atoms with E-state index < -0.39 is 11.7 Å². The zero-order valence-corrected chi connectivity index (χ0v) is 19.9. The number of ether oxygens (including phenoxy) is 1. The van der Waals surface area contributed by atoms with Gasteiger partial charge in [0.25, 0.3) is 5.91 Å². The van der Waals surface area contributed by atoms with Crippen molar-refractivity contribution in [2.24, 2.45) is 0 Å². The molecular formula is C22H23Cl2N3O3S. The van der Waals surface area contributed by atoms with Crippen molar-refractivity contribution < 1.29 is 14.3 Å². The maximum atomic E-state index is 13.0. The molecule has 2 aromatic heterocycles. The molecule has 164 valence electrons. The van der Waals surface area contributed by atoms with Crippen molar-refractivity contribution in [3.8, 4) is 0 Å². The molecule has 0 radical (unpaired) electrons. The van der Waals surface area contributed by atoms with E-state index >= 15 is 0 Å². The number of H-pyrrole nitrogens is 1. The first-order chi connectivity index (χ1) is 14.5. The molecule has 1 aromatic carbocycles. The smallest absolute Gasteiger partial charge is 0.410 e. The van der Waals surface area contributed by atoms with E-state index in [0.717, 1.165) is 15.8 Å². The average molecular weight is 480 g/mol. The van der Waals surface area contributed by atoms with Crippen LogP contribution >= 0.6 is 34.5 Å². The largest absolute Gasteiger partial charge is 0.444 e. The molecule has 1 aliphatic rings. The number of amides is 2. The number of aromatic amines is 1. The molecule has 3 aromatic rings. The van der Waals surface area contributed by atoms with Crippen LogP contribution < -0.4 is 5.32 Å². The summed E-state index contributed by atoms with van der Waals surface area (Å²) in [5, 5.41) is 3.50. The molecule has 0 spiro atoms. The number of halogens is 2. The molecule has 2 heterocycles. The highest BCUT2D eigenvalue weighted by atomic mass is 35.5. The minimum absolute atomic E-state index is 0.268. The fraction of sp³-hybridized carbons (Fsp3) is 0.364. The number of nitrogens with one attached hydrogen (secondary N) is 2. The zero-order chi connectivity index (χ0) is 22.5. The molecule has 2 N–H and O–H groups in total. The number of benzene rings is 1. The molecule has 0 saturated heterocycles. The van der Waals surface area contributed by atoms with E-state index in [-0.39, 0.29) is 18.0 Å². The molecule has 31 heavy (non-hydrogen) atoms. The van der Waals surface area contributed by atoms with Crippen molar-refractivity contribution >= 4 is 56.8 Å². The van der Waals surface area contributed by atoms with Crippen LogP contribution in [-0.2, 0) is 11.2 Å². The van der Waals surface area contributed by atoms with Crippen LogP contribution in [0.2, 0.25) is 9.36 Å². The Morgan fingerprint density at radius 2 is 1.97 bits per heavy atom. The van der Waals surface area contributed by atoms with Crippen LogP contribution in [0.5, 0.6) is 0 Å². The van der Waals surface area contributed by atoms with Gasteiger partial charge in [0.05, 0.1) is 27.3 Å². The van der Waals surface area contributed by atoms with Gasteiger partial charge in [-0.25, -0.2) is 4.79 Å². The van der Waals surface area contributed by atoms with Crippen LogP contribution in [0.4, 0.5) is 4.79 Å². The highest BCUT2D eigenvalue weighted by molar-refractivity contribution is 7.23. The number of carbonyl (C=O) groups excluding carboxylic acids is 2. The van der Waals surface area contributed by atoms with Gasteiger partial charge >= 0.3 is 6.09 Å². The van der Waals surface area contributed by atoms with Gasteiger partial charge in [0.1, 0.15) is 15.6 Å². The minimum atomic E-state index is -0.612. The highest BCUT2D eigenvalue weighted by Gasteiger charge is 2.39. The third-order valence-electron chi connectivity index (χ3n) is 5.23. The van der Waals surface area contributed by atoms with Crippen LogP contribution in [0, 0.1) is 0 Å². The van der Waals surface area contributed by atoms with E-state index in [0.29, 0.717) is 27.0 Å². The number of aromatic nitrogens is 1. The van der Waals surface area contributed by atoms with Crippen molar-refractivity contribution in [1.29, 1.82) is 0 Å². The van der Waals surface area contributed by atoms with Crippen LogP contribution in [0.1, 0.15) is 48.4 Å². The fourth-order valence-corrected chi connectivity index (χ4v) is 5.40. The van der Waals surface area contributed by atoms with Crippen molar-refractivity contribution in [2.45, 2.75) is 44.9 Å². The second-order valence-corrected chi connectivity index (χ2v) is 10.7. The Bertz CT molecular complexity index is 1160. The Hall–Kier alpha value is -2.22. The lowest BCUT2D eigenvalue weighted by molar-refractivity contribution is 0.0192. The Kier molecular flexibility index (Phi) is 5.70. The number of carbonyl (C=O) groups is 2. The molecule has 0 fully saturated rings. The van der Waals surface area contributed by atoms with Crippen LogP contribution in [0.3, 0.4) is 0 Å². The second-order valence-electron chi connectivity index (χ2n) is 8.63. The Morgan fingerprint density at radius 3 is 2.65 bits per heavy atom. The van der Waals surface area contributed by atoms with Gasteiger partial charge < -0.3 is 19.9 Å². The van der Waals surface area contributed by atoms with Gasteiger partial charge in [-0.05, 0) is 44.4 Å². The predicted octanol–water partition coefficient (Wildman–Crippen LogP) is 5.80. The molecule has 0 saturated carbocycles. The van der Waals surface area contributed by atoms with Gasteiger partial charge in [-0.2, -0.15) is 0 Å².